The lowest BCUT2D eigenvalue weighted by Gasteiger charge is -2.57. The maximum absolute atomic E-state index is 14.1. The molecule has 5 fully saturated rings. The highest BCUT2D eigenvalue weighted by Crippen LogP contribution is 2.61. The first-order valence-electron chi connectivity index (χ1n) is 16.7. The minimum absolute atomic E-state index is 0.187. The summed E-state index contributed by atoms with van der Waals surface area (Å²) in [6.07, 6.45) is 14.3. The second-order valence-electron chi connectivity index (χ2n) is 14.1. The van der Waals surface area contributed by atoms with E-state index < -0.39 is 17.9 Å². The number of carboxylic acids is 1. The fourth-order valence-electron chi connectivity index (χ4n) is 9.42. The Labute approximate surface area is 260 Å². The fourth-order valence-corrected chi connectivity index (χ4v) is 9.42. The van der Waals surface area contributed by atoms with Crippen molar-refractivity contribution in [2.75, 3.05) is 13.2 Å². The lowest BCUT2D eigenvalue weighted by molar-refractivity contribution is -0.151. The number of nitrogens with zero attached hydrogens (tertiary/aromatic N) is 3. The van der Waals surface area contributed by atoms with Crippen molar-refractivity contribution in [3.05, 3.63) is 89.5 Å². The van der Waals surface area contributed by atoms with E-state index in [1.807, 2.05) is 67.0 Å². The molecule has 44 heavy (non-hydrogen) atoms. The van der Waals surface area contributed by atoms with Crippen molar-refractivity contribution in [3.63, 3.8) is 0 Å². The molecule has 1 aromatic heterocycles. The number of rotatable bonds is 7. The molecule has 1 amide bonds. The Morgan fingerprint density at radius 1 is 0.886 bits per heavy atom. The molecule has 2 aliphatic heterocycles. The van der Waals surface area contributed by atoms with Crippen molar-refractivity contribution in [3.8, 4) is 0 Å². The quantitative estimate of drug-likeness (QED) is 0.339. The molecule has 3 aromatic rings. The summed E-state index contributed by atoms with van der Waals surface area (Å²) in [4.78, 5) is 33.0. The van der Waals surface area contributed by atoms with Crippen LogP contribution in [0.1, 0.15) is 86.2 Å². The summed E-state index contributed by atoms with van der Waals surface area (Å²) in [5.74, 6) is 1.06. The Morgan fingerprint density at radius 3 is 1.95 bits per heavy atom. The number of aryl methyl sites for hydroxylation is 1. The van der Waals surface area contributed by atoms with E-state index in [0.29, 0.717) is 11.8 Å². The third-order valence-corrected chi connectivity index (χ3v) is 11.1. The molecule has 4 bridgehead atoms. The molecule has 0 radical (unpaired) electrons. The number of fused-ring (bicyclic) bond motifs is 1. The van der Waals surface area contributed by atoms with Crippen LogP contribution in [0.2, 0.25) is 0 Å². The van der Waals surface area contributed by atoms with Crippen LogP contribution in [0.25, 0.3) is 0 Å². The number of hydrogen-bond donors (Lipinski definition) is 1. The standard InChI is InChI=1S/C33H37N3O3.C4H8O/c37-31(30(25-7-3-1-4-8-25)26-9-5-2-6-10-26)36-20-27-28(16-29(36)32(38)39)35(21-34-27)12-11-33-17-22-13-23(18-33)15-24(14-22)19-33;1-2-4-5-3-1/h1-10,21-24,29-30H,11-20H2,(H,38,39);1-4H2. The lowest BCUT2D eigenvalue weighted by Crippen LogP contribution is -2.50. The molecule has 2 aromatic carbocycles. The summed E-state index contributed by atoms with van der Waals surface area (Å²) in [5.41, 5.74) is 4.03. The van der Waals surface area contributed by atoms with Gasteiger partial charge >= 0.3 is 5.97 Å². The largest absolute Gasteiger partial charge is 0.480 e. The first-order valence-corrected chi connectivity index (χ1v) is 16.7. The monoisotopic (exact) mass is 595 g/mol. The van der Waals surface area contributed by atoms with Crippen LogP contribution < -0.4 is 0 Å². The number of aromatic nitrogens is 2. The van der Waals surface area contributed by atoms with Crippen LogP contribution in [-0.4, -0.2) is 50.7 Å². The second kappa shape index (κ2) is 12.5. The second-order valence-corrected chi connectivity index (χ2v) is 14.1. The smallest absolute Gasteiger partial charge is 0.326 e. The minimum atomic E-state index is -0.956. The van der Waals surface area contributed by atoms with Gasteiger partial charge < -0.3 is 19.3 Å². The van der Waals surface area contributed by atoms with Gasteiger partial charge in [0.1, 0.15) is 6.04 Å². The lowest BCUT2D eigenvalue weighted by atomic mass is 9.49. The van der Waals surface area contributed by atoms with Crippen molar-refractivity contribution < 1.29 is 19.4 Å². The van der Waals surface area contributed by atoms with E-state index in [1.165, 1.54) is 51.4 Å². The summed E-state index contributed by atoms with van der Waals surface area (Å²) in [6.45, 7) is 3.12. The SMILES string of the molecule is C1CCOC1.O=C(O)C1Cc2c(ncn2CCC23CC4CC(CC(C4)C2)C3)CN1C(=O)C(c1ccccc1)c1ccccc1. The summed E-state index contributed by atoms with van der Waals surface area (Å²) >= 11 is 0. The molecule has 9 rings (SSSR count). The molecule has 232 valence electrons. The highest BCUT2D eigenvalue weighted by Gasteiger charge is 2.50. The number of carboxylic acid groups (broad SMARTS) is 1. The number of amides is 1. The van der Waals surface area contributed by atoms with E-state index in [2.05, 4.69) is 4.57 Å². The maximum atomic E-state index is 14.1. The third-order valence-electron chi connectivity index (χ3n) is 11.1. The Balaban J connectivity index is 0.000000571. The molecule has 1 N–H and O–H groups in total. The van der Waals surface area contributed by atoms with Gasteiger partial charge in [-0.25, -0.2) is 9.78 Å². The normalized spacial score (nSPS) is 28.4. The van der Waals surface area contributed by atoms with E-state index >= 15 is 0 Å². The number of aliphatic carboxylic acids is 1. The topological polar surface area (TPSA) is 84.7 Å². The minimum Gasteiger partial charge on any atom is -0.480 e. The van der Waals surface area contributed by atoms with Crippen LogP contribution in [0.4, 0.5) is 0 Å². The van der Waals surface area contributed by atoms with Gasteiger partial charge in [-0.05, 0) is 92.1 Å². The van der Waals surface area contributed by atoms with E-state index in [0.717, 1.165) is 66.4 Å². The van der Waals surface area contributed by atoms with Crippen LogP contribution in [0, 0.1) is 23.2 Å². The van der Waals surface area contributed by atoms with Crippen molar-refractivity contribution >= 4 is 11.9 Å². The van der Waals surface area contributed by atoms with E-state index in [1.54, 1.807) is 4.90 Å². The summed E-state index contributed by atoms with van der Waals surface area (Å²) in [5, 5.41) is 10.3. The number of carbonyl (C=O) groups is 2. The van der Waals surface area contributed by atoms with Crippen molar-refractivity contribution in [1.82, 2.24) is 14.5 Å². The van der Waals surface area contributed by atoms with Gasteiger partial charge in [0.15, 0.2) is 0 Å². The van der Waals surface area contributed by atoms with Crippen molar-refractivity contribution in [2.24, 2.45) is 23.2 Å². The van der Waals surface area contributed by atoms with Crippen LogP contribution in [0.15, 0.2) is 67.0 Å². The van der Waals surface area contributed by atoms with Gasteiger partial charge in [-0.15, -0.1) is 0 Å². The molecule has 4 saturated carbocycles. The molecule has 1 atom stereocenters. The summed E-state index contributed by atoms with van der Waals surface area (Å²) in [6, 6.07) is 18.4. The number of hydrogen-bond acceptors (Lipinski definition) is 4. The zero-order chi connectivity index (χ0) is 30.1. The molecule has 7 nitrogen and oxygen atoms in total. The highest BCUT2D eigenvalue weighted by atomic mass is 16.5. The first kappa shape index (κ1) is 29.3. The zero-order valence-electron chi connectivity index (χ0n) is 25.7. The van der Waals surface area contributed by atoms with Crippen LogP contribution >= 0.6 is 0 Å². The maximum Gasteiger partial charge on any atom is 0.326 e. The third kappa shape index (κ3) is 5.95. The number of carbonyl (C=O) groups excluding carboxylic acids is 1. The van der Waals surface area contributed by atoms with E-state index in [4.69, 9.17) is 9.72 Å². The van der Waals surface area contributed by atoms with Gasteiger partial charge in [0, 0.05) is 31.9 Å². The zero-order valence-corrected chi connectivity index (χ0v) is 25.7. The van der Waals surface area contributed by atoms with Gasteiger partial charge in [-0.3, -0.25) is 4.79 Å². The predicted molar refractivity (Wildman–Crippen MR) is 168 cm³/mol. The average Bonchev–Trinajstić information content (AvgIpc) is 3.74. The molecular formula is C37H45N3O4. The molecule has 1 saturated heterocycles. The number of imidazole rings is 1. The molecule has 7 heteroatoms. The Morgan fingerprint density at radius 2 is 1.45 bits per heavy atom. The van der Waals surface area contributed by atoms with Gasteiger partial charge in [-0.1, -0.05) is 60.7 Å². The predicted octanol–water partition coefficient (Wildman–Crippen LogP) is 6.46. The van der Waals surface area contributed by atoms with Crippen molar-refractivity contribution in [2.45, 2.75) is 89.3 Å². The van der Waals surface area contributed by atoms with E-state index in [-0.39, 0.29) is 12.5 Å². The van der Waals surface area contributed by atoms with Crippen LogP contribution in [-0.2, 0) is 33.8 Å². The average molecular weight is 596 g/mol. The fraction of sp³-hybridized carbons (Fsp3) is 0.541. The van der Waals surface area contributed by atoms with E-state index in [9.17, 15) is 14.7 Å². The highest BCUT2D eigenvalue weighted by molar-refractivity contribution is 5.91. The molecule has 6 aliphatic rings. The van der Waals surface area contributed by atoms with Gasteiger partial charge in [-0.2, -0.15) is 0 Å². The molecule has 3 heterocycles. The van der Waals surface area contributed by atoms with Crippen molar-refractivity contribution in [1.29, 1.82) is 0 Å². The summed E-state index contributed by atoms with van der Waals surface area (Å²) in [7, 11) is 0. The molecule has 4 aliphatic carbocycles. The number of ether oxygens (including phenoxy) is 1. The summed E-state index contributed by atoms with van der Waals surface area (Å²) < 4.78 is 7.15. The van der Waals surface area contributed by atoms with Gasteiger partial charge in [0.2, 0.25) is 5.91 Å². The Kier molecular flexibility index (Phi) is 8.32. The molecular weight excluding hydrogens is 550 g/mol. The number of benzene rings is 2. The molecule has 1 unspecified atom stereocenters. The molecule has 0 spiro atoms. The Hall–Kier alpha value is -3.45. The van der Waals surface area contributed by atoms with Gasteiger partial charge in [0.05, 0.1) is 24.5 Å². The van der Waals surface area contributed by atoms with Gasteiger partial charge in [0.25, 0.3) is 0 Å². The first-order chi connectivity index (χ1) is 21.5. The van der Waals surface area contributed by atoms with Crippen LogP contribution in [0.3, 0.4) is 0 Å². The Bertz CT molecular complexity index is 1370. The van der Waals surface area contributed by atoms with Crippen LogP contribution in [0.5, 0.6) is 0 Å².